The summed E-state index contributed by atoms with van der Waals surface area (Å²) in [6, 6.07) is -0.209. The Morgan fingerprint density at radius 3 is 2.78 bits per heavy atom. The number of carbonyl (C=O) groups is 2. The van der Waals surface area contributed by atoms with Crippen LogP contribution in [0.5, 0.6) is 0 Å². The van der Waals surface area contributed by atoms with E-state index in [0.717, 1.165) is 30.8 Å². The van der Waals surface area contributed by atoms with E-state index < -0.39 is 5.97 Å². The van der Waals surface area contributed by atoms with Gasteiger partial charge in [-0.3, -0.25) is 9.59 Å². The molecule has 1 saturated carbocycles. The smallest absolute Gasteiger partial charge is 0.305 e. The molecule has 0 aromatic carbocycles. The van der Waals surface area contributed by atoms with Crippen LogP contribution in [0.4, 0.5) is 0 Å². The van der Waals surface area contributed by atoms with Gasteiger partial charge >= 0.3 is 5.97 Å². The lowest BCUT2D eigenvalue weighted by Crippen LogP contribution is -2.51. The van der Waals surface area contributed by atoms with Gasteiger partial charge < -0.3 is 15.7 Å². The molecule has 1 saturated heterocycles. The first kappa shape index (κ1) is 13.7. The summed E-state index contributed by atoms with van der Waals surface area (Å²) in [6.07, 6.45) is 2.80. The van der Waals surface area contributed by atoms with E-state index in [0.29, 0.717) is 6.54 Å². The maximum absolute atomic E-state index is 12.4. The summed E-state index contributed by atoms with van der Waals surface area (Å²) in [7, 11) is 0. The van der Waals surface area contributed by atoms with Gasteiger partial charge in [-0.1, -0.05) is 6.42 Å². The minimum absolute atomic E-state index is 0.0424. The van der Waals surface area contributed by atoms with Crippen LogP contribution in [0.2, 0.25) is 0 Å². The molecule has 1 aliphatic carbocycles. The van der Waals surface area contributed by atoms with Crippen molar-refractivity contribution in [1.29, 1.82) is 0 Å². The second-order valence-electron chi connectivity index (χ2n) is 5.06. The molecule has 2 rings (SSSR count). The maximum atomic E-state index is 12.4. The molecule has 2 aliphatic rings. The fourth-order valence-electron chi connectivity index (χ4n) is 2.82. The highest BCUT2D eigenvalue weighted by atomic mass is 32.2. The third-order valence-corrected chi connectivity index (χ3v) is 4.90. The first-order valence-corrected chi connectivity index (χ1v) is 7.60. The summed E-state index contributed by atoms with van der Waals surface area (Å²) in [5.74, 6) is 0.760. The van der Waals surface area contributed by atoms with Gasteiger partial charge in [-0.15, -0.1) is 0 Å². The Morgan fingerprint density at radius 2 is 2.17 bits per heavy atom. The first-order valence-electron chi connectivity index (χ1n) is 6.45. The molecule has 3 N–H and O–H groups in total. The number of nitrogens with two attached hydrogens (primary N) is 1. The summed E-state index contributed by atoms with van der Waals surface area (Å²) in [4.78, 5) is 25.1. The molecule has 0 bridgehead atoms. The predicted molar refractivity (Wildman–Crippen MR) is 70.4 cm³/mol. The van der Waals surface area contributed by atoms with E-state index in [1.165, 1.54) is 0 Å². The zero-order valence-electron chi connectivity index (χ0n) is 10.4. The van der Waals surface area contributed by atoms with Crippen molar-refractivity contribution in [2.75, 3.05) is 18.1 Å². The number of thioether (sulfide) groups is 1. The molecular formula is C12H20N2O3S. The Balaban J connectivity index is 2.03. The number of hydrogen-bond donors (Lipinski definition) is 2. The van der Waals surface area contributed by atoms with Gasteiger partial charge in [-0.2, -0.15) is 11.8 Å². The highest BCUT2D eigenvalue weighted by Gasteiger charge is 2.37. The largest absolute Gasteiger partial charge is 0.481 e. The van der Waals surface area contributed by atoms with Gasteiger partial charge in [0.1, 0.15) is 0 Å². The Labute approximate surface area is 111 Å². The molecule has 0 spiro atoms. The molecule has 0 aromatic heterocycles. The molecule has 102 valence electrons. The van der Waals surface area contributed by atoms with Crippen LogP contribution in [0.15, 0.2) is 0 Å². The summed E-state index contributed by atoms with van der Waals surface area (Å²) in [6.45, 7) is 0.657. The Kier molecular flexibility index (Phi) is 4.50. The number of nitrogens with zero attached hydrogens (tertiary/aromatic N) is 1. The number of rotatable bonds is 3. The van der Waals surface area contributed by atoms with E-state index >= 15 is 0 Å². The molecule has 1 aliphatic heterocycles. The number of hydrogen-bond acceptors (Lipinski definition) is 4. The highest BCUT2D eigenvalue weighted by molar-refractivity contribution is 7.99. The average Bonchev–Trinajstić information content (AvgIpc) is 2.74. The van der Waals surface area contributed by atoms with Crippen molar-refractivity contribution >= 4 is 23.6 Å². The normalized spacial score (nSPS) is 32.5. The molecule has 0 aromatic rings. The molecule has 1 amide bonds. The summed E-state index contributed by atoms with van der Waals surface area (Å²) < 4.78 is 0. The SMILES string of the molecule is NC1CCCC1C(=O)N1CCSCC1CC(=O)O. The van der Waals surface area contributed by atoms with Gasteiger partial charge in [0.25, 0.3) is 0 Å². The van der Waals surface area contributed by atoms with E-state index in [-0.39, 0.29) is 30.3 Å². The topological polar surface area (TPSA) is 83.6 Å². The standard InChI is InChI=1S/C12H20N2O3S/c13-10-3-1-2-9(10)12(17)14-4-5-18-7-8(14)6-11(15)16/h8-10H,1-7,13H2,(H,15,16). The van der Waals surface area contributed by atoms with Crippen molar-refractivity contribution in [2.45, 2.75) is 37.8 Å². The van der Waals surface area contributed by atoms with Crippen LogP contribution >= 0.6 is 11.8 Å². The van der Waals surface area contributed by atoms with Crippen LogP contribution in [-0.4, -0.2) is 52.0 Å². The number of carbonyl (C=O) groups excluding carboxylic acids is 1. The van der Waals surface area contributed by atoms with Gasteiger partial charge in [0, 0.05) is 24.1 Å². The fraction of sp³-hybridized carbons (Fsp3) is 0.833. The van der Waals surface area contributed by atoms with E-state index in [2.05, 4.69) is 0 Å². The fourth-order valence-corrected chi connectivity index (χ4v) is 3.89. The quantitative estimate of drug-likeness (QED) is 0.783. The minimum atomic E-state index is -0.837. The second kappa shape index (κ2) is 5.93. The molecule has 0 radical (unpaired) electrons. The Bertz CT molecular complexity index is 337. The van der Waals surface area contributed by atoms with Crippen molar-refractivity contribution in [3.05, 3.63) is 0 Å². The van der Waals surface area contributed by atoms with Gasteiger partial charge in [0.15, 0.2) is 0 Å². The zero-order chi connectivity index (χ0) is 13.1. The van der Waals surface area contributed by atoms with Crippen molar-refractivity contribution < 1.29 is 14.7 Å². The zero-order valence-corrected chi connectivity index (χ0v) is 11.2. The molecule has 5 nitrogen and oxygen atoms in total. The Morgan fingerprint density at radius 1 is 1.39 bits per heavy atom. The molecular weight excluding hydrogens is 252 g/mol. The van der Waals surface area contributed by atoms with Gasteiger partial charge in [-0.25, -0.2) is 0 Å². The molecule has 2 fully saturated rings. The average molecular weight is 272 g/mol. The number of amides is 1. The second-order valence-corrected chi connectivity index (χ2v) is 6.21. The summed E-state index contributed by atoms with van der Waals surface area (Å²) in [5.41, 5.74) is 5.96. The molecule has 18 heavy (non-hydrogen) atoms. The maximum Gasteiger partial charge on any atom is 0.305 e. The van der Waals surface area contributed by atoms with Gasteiger partial charge in [0.05, 0.1) is 18.4 Å². The van der Waals surface area contributed by atoms with Crippen molar-refractivity contribution in [3.63, 3.8) is 0 Å². The lowest BCUT2D eigenvalue weighted by atomic mass is 10.0. The van der Waals surface area contributed by atoms with E-state index in [1.807, 2.05) is 0 Å². The molecule has 3 atom stereocenters. The third-order valence-electron chi connectivity index (χ3n) is 3.81. The molecule has 3 unspecified atom stereocenters. The first-order chi connectivity index (χ1) is 8.59. The van der Waals surface area contributed by atoms with Crippen LogP contribution in [0.3, 0.4) is 0 Å². The summed E-state index contributed by atoms with van der Waals surface area (Å²) >= 11 is 1.72. The van der Waals surface area contributed by atoms with E-state index in [1.54, 1.807) is 16.7 Å². The van der Waals surface area contributed by atoms with Crippen LogP contribution in [0, 0.1) is 5.92 Å². The van der Waals surface area contributed by atoms with Crippen LogP contribution < -0.4 is 5.73 Å². The molecule has 1 heterocycles. The Hall–Kier alpha value is -0.750. The monoisotopic (exact) mass is 272 g/mol. The molecule has 6 heteroatoms. The van der Waals surface area contributed by atoms with E-state index in [4.69, 9.17) is 10.8 Å². The number of carboxylic acids is 1. The summed E-state index contributed by atoms with van der Waals surface area (Å²) in [5, 5.41) is 8.91. The van der Waals surface area contributed by atoms with Crippen LogP contribution in [0.1, 0.15) is 25.7 Å². The van der Waals surface area contributed by atoms with Gasteiger partial charge in [0.2, 0.25) is 5.91 Å². The lowest BCUT2D eigenvalue weighted by molar-refractivity contribution is -0.142. The van der Waals surface area contributed by atoms with Crippen molar-refractivity contribution in [3.8, 4) is 0 Å². The minimum Gasteiger partial charge on any atom is -0.481 e. The number of carboxylic acid groups (broad SMARTS) is 1. The lowest BCUT2D eigenvalue weighted by Gasteiger charge is -2.37. The van der Waals surface area contributed by atoms with Crippen LogP contribution in [-0.2, 0) is 9.59 Å². The van der Waals surface area contributed by atoms with Crippen molar-refractivity contribution in [1.82, 2.24) is 4.90 Å². The number of aliphatic carboxylic acids is 1. The highest BCUT2D eigenvalue weighted by Crippen LogP contribution is 2.29. The van der Waals surface area contributed by atoms with Gasteiger partial charge in [-0.05, 0) is 12.8 Å². The third kappa shape index (κ3) is 2.98. The van der Waals surface area contributed by atoms with Crippen molar-refractivity contribution in [2.24, 2.45) is 11.7 Å². The van der Waals surface area contributed by atoms with E-state index in [9.17, 15) is 9.59 Å². The predicted octanol–water partition coefficient (Wildman–Crippen LogP) is 0.532. The van der Waals surface area contributed by atoms with Crippen LogP contribution in [0.25, 0.3) is 0 Å².